The van der Waals surface area contributed by atoms with Crippen molar-refractivity contribution >= 4 is 35.0 Å². The van der Waals surface area contributed by atoms with Gasteiger partial charge in [-0.1, -0.05) is 48.3 Å². The van der Waals surface area contributed by atoms with Crippen LogP contribution in [0.5, 0.6) is 5.75 Å². The predicted octanol–water partition coefficient (Wildman–Crippen LogP) is 4.88. The van der Waals surface area contributed by atoms with Crippen molar-refractivity contribution in [3.63, 3.8) is 0 Å². The van der Waals surface area contributed by atoms with E-state index in [2.05, 4.69) is 5.32 Å². The summed E-state index contributed by atoms with van der Waals surface area (Å²) in [4.78, 5) is 27.7. The average Bonchev–Trinajstić information content (AvgIpc) is 2.70. The summed E-state index contributed by atoms with van der Waals surface area (Å²) in [6, 6.07) is 12.0. The molecule has 5 nitrogen and oxygen atoms in total. The van der Waals surface area contributed by atoms with E-state index in [4.69, 9.17) is 27.9 Å². The molecule has 0 spiro atoms. The number of hydrogen-bond donors (Lipinski definition) is 1. The van der Waals surface area contributed by atoms with Crippen LogP contribution in [0.2, 0.25) is 10.0 Å². The summed E-state index contributed by atoms with van der Waals surface area (Å²) in [6.45, 7) is 5.99. The number of rotatable bonds is 9. The van der Waals surface area contributed by atoms with Gasteiger partial charge in [0.15, 0.2) is 0 Å². The highest BCUT2D eigenvalue weighted by Gasteiger charge is 2.29. The average molecular weight is 451 g/mol. The molecule has 2 rings (SSSR count). The number of halogens is 2. The maximum absolute atomic E-state index is 13.3. The molecule has 2 amide bonds. The number of nitrogens with zero attached hydrogens (tertiary/aromatic N) is 1. The Labute approximate surface area is 188 Å². The lowest BCUT2D eigenvalue weighted by atomic mass is 10.1. The van der Waals surface area contributed by atoms with Crippen LogP contribution in [0.1, 0.15) is 38.3 Å². The number of hydrogen-bond acceptors (Lipinski definition) is 3. The third kappa shape index (κ3) is 6.64. The van der Waals surface area contributed by atoms with Crippen molar-refractivity contribution in [3.8, 4) is 5.75 Å². The van der Waals surface area contributed by atoms with Crippen molar-refractivity contribution in [2.24, 2.45) is 0 Å². The van der Waals surface area contributed by atoms with Gasteiger partial charge in [0.25, 0.3) is 0 Å². The Hall–Kier alpha value is -2.24. The molecule has 0 bridgehead atoms. The Morgan fingerprint density at radius 1 is 1.07 bits per heavy atom. The molecule has 0 aliphatic carbocycles. The zero-order valence-electron chi connectivity index (χ0n) is 17.7. The molecule has 0 aromatic heterocycles. The maximum atomic E-state index is 13.3. The third-order valence-corrected chi connectivity index (χ3v) is 5.38. The van der Waals surface area contributed by atoms with E-state index < -0.39 is 6.04 Å². The van der Waals surface area contributed by atoms with E-state index in [9.17, 15) is 9.59 Å². The van der Waals surface area contributed by atoms with Crippen molar-refractivity contribution in [1.29, 1.82) is 0 Å². The van der Waals surface area contributed by atoms with Gasteiger partial charge in [-0.3, -0.25) is 9.59 Å². The second-order valence-corrected chi connectivity index (χ2v) is 8.20. The summed E-state index contributed by atoms with van der Waals surface area (Å²) in [5.74, 6) is 0.365. The van der Waals surface area contributed by atoms with Gasteiger partial charge in [0.05, 0.1) is 23.6 Å². The smallest absolute Gasteiger partial charge is 0.243 e. The summed E-state index contributed by atoms with van der Waals surface area (Å²) in [5.41, 5.74) is 1.62. The minimum absolute atomic E-state index is 0.0182. The van der Waals surface area contributed by atoms with Crippen molar-refractivity contribution in [2.75, 3.05) is 7.11 Å². The SMILES string of the molecule is CC[C@H](C(=O)NC(C)C)N(Cc1cccc(OC)c1)C(=O)Cc1ccc(Cl)c(Cl)c1. The molecule has 0 radical (unpaired) electrons. The first kappa shape index (κ1) is 24.0. The summed E-state index contributed by atoms with van der Waals surface area (Å²) < 4.78 is 5.29. The highest BCUT2D eigenvalue weighted by Crippen LogP contribution is 2.24. The van der Waals surface area contributed by atoms with Crippen LogP contribution >= 0.6 is 23.2 Å². The number of amides is 2. The quantitative estimate of drug-likeness (QED) is 0.592. The van der Waals surface area contributed by atoms with Crippen LogP contribution < -0.4 is 10.1 Å². The molecular formula is C23H28Cl2N2O3. The first-order chi connectivity index (χ1) is 14.2. The first-order valence-corrected chi connectivity index (χ1v) is 10.7. The third-order valence-electron chi connectivity index (χ3n) is 4.64. The Morgan fingerprint density at radius 2 is 1.80 bits per heavy atom. The summed E-state index contributed by atoms with van der Waals surface area (Å²) in [5, 5.41) is 3.75. The normalized spacial score (nSPS) is 11.8. The highest BCUT2D eigenvalue weighted by molar-refractivity contribution is 6.42. The first-order valence-electron chi connectivity index (χ1n) is 9.91. The van der Waals surface area contributed by atoms with Gasteiger partial charge in [-0.15, -0.1) is 0 Å². The molecule has 0 heterocycles. The molecule has 0 saturated heterocycles. The molecule has 7 heteroatoms. The molecule has 0 unspecified atom stereocenters. The zero-order chi connectivity index (χ0) is 22.3. The van der Waals surface area contributed by atoms with Crippen molar-refractivity contribution in [1.82, 2.24) is 10.2 Å². The molecule has 1 atom stereocenters. The number of benzene rings is 2. The van der Waals surface area contributed by atoms with E-state index in [1.807, 2.05) is 45.0 Å². The number of ether oxygens (including phenoxy) is 1. The molecule has 1 N–H and O–H groups in total. The number of carbonyl (C=O) groups excluding carboxylic acids is 2. The van der Waals surface area contributed by atoms with E-state index in [1.165, 1.54) is 0 Å². The van der Waals surface area contributed by atoms with Crippen LogP contribution in [0.25, 0.3) is 0 Å². The molecule has 0 aliphatic heterocycles. The molecule has 30 heavy (non-hydrogen) atoms. The van der Waals surface area contributed by atoms with Crippen LogP contribution in [-0.2, 0) is 22.6 Å². The van der Waals surface area contributed by atoms with E-state index in [0.717, 1.165) is 11.1 Å². The van der Waals surface area contributed by atoms with E-state index in [-0.39, 0.29) is 24.3 Å². The molecule has 0 aliphatic rings. The van der Waals surface area contributed by atoms with E-state index >= 15 is 0 Å². The van der Waals surface area contributed by atoms with Gasteiger partial charge in [0, 0.05) is 12.6 Å². The van der Waals surface area contributed by atoms with Gasteiger partial charge >= 0.3 is 0 Å². The molecule has 0 saturated carbocycles. The van der Waals surface area contributed by atoms with Crippen molar-refractivity contribution in [3.05, 3.63) is 63.6 Å². The predicted molar refractivity (Wildman–Crippen MR) is 121 cm³/mol. The van der Waals surface area contributed by atoms with Crippen LogP contribution in [-0.4, -0.2) is 35.9 Å². The maximum Gasteiger partial charge on any atom is 0.243 e. The number of nitrogens with one attached hydrogen (secondary N) is 1. The Bertz CT molecular complexity index is 887. The standard InChI is InChI=1S/C23H28Cl2N2O3/c1-5-21(23(29)26-15(2)3)27(14-17-7-6-8-18(11-17)30-4)22(28)13-16-9-10-19(24)20(25)12-16/h6-12,15,21H,5,13-14H2,1-4H3,(H,26,29)/t21-/m1/s1. The summed E-state index contributed by atoms with van der Waals surface area (Å²) in [6.07, 6.45) is 0.613. The van der Waals surface area contributed by atoms with Gasteiger partial charge in [0.2, 0.25) is 11.8 Å². The molecule has 162 valence electrons. The summed E-state index contributed by atoms with van der Waals surface area (Å²) >= 11 is 12.1. The monoisotopic (exact) mass is 450 g/mol. The van der Waals surface area contributed by atoms with Gasteiger partial charge in [-0.2, -0.15) is 0 Å². The Balaban J connectivity index is 2.33. The fourth-order valence-electron chi connectivity index (χ4n) is 3.19. The Kier molecular flexibility index (Phi) is 9.00. The molecular weight excluding hydrogens is 423 g/mol. The van der Waals surface area contributed by atoms with Crippen LogP contribution in [0.3, 0.4) is 0 Å². The highest BCUT2D eigenvalue weighted by atomic mass is 35.5. The van der Waals surface area contributed by atoms with Crippen LogP contribution in [0, 0.1) is 0 Å². The molecule has 0 fully saturated rings. The van der Waals surface area contributed by atoms with E-state index in [0.29, 0.717) is 28.8 Å². The number of carbonyl (C=O) groups is 2. The fourth-order valence-corrected chi connectivity index (χ4v) is 3.51. The fraction of sp³-hybridized carbons (Fsp3) is 0.391. The lowest BCUT2D eigenvalue weighted by Crippen LogP contribution is -2.50. The summed E-state index contributed by atoms with van der Waals surface area (Å²) in [7, 11) is 1.59. The zero-order valence-corrected chi connectivity index (χ0v) is 19.3. The van der Waals surface area contributed by atoms with Crippen molar-refractivity contribution < 1.29 is 14.3 Å². The number of methoxy groups -OCH3 is 1. The topological polar surface area (TPSA) is 58.6 Å². The second kappa shape index (κ2) is 11.2. The minimum Gasteiger partial charge on any atom is -0.497 e. The van der Waals surface area contributed by atoms with Gasteiger partial charge in [0.1, 0.15) is 11.8 Å². The van der Waals surface area contributed by atoms with Gasteiger partial charge in [-0.05, 0) is 55.7 Å². The molecule has 2 aromatic carbocycles. The van der Waals surface area contributed by atoms with Crippen LogP contribution in [0.15, 0.2) is 42.5 Å². The van der Waals surface area contributed by atoms with E-state index in [1.54, 1.807) is 30.2 Å². The lowest BCUT2D eigenvalue weighted by Gasteiger charge is -2.31. The van der Waals surface area contributed by atoms with Crippen LogP contribution in [0.4, 0.5) is 0 Å². The Morgan fingerprint density at radius 3 is 2.40 bits per heavy atom. The van der Waals surface area contributed by atoms with Gasteiger partial charge in [-0.25, -0.2) is 0 Å². The molecule has 2 aromatic rings. The second-order valence-electron chi connectivity index (χ2n) is 7.39. The van der Waals surface area contributed by atoms with Crippen molar-refractivity contribution in [2.45, 2.75) is 52.2 Å². The van der Waals surface area contributed by atoms with Gasteiger partial charge < -0.3 is 15.0 Å². The minimum atomic E-state index is -0.589. The largest absolute Gasteiger partial charge is 0.497 e. The lowest BCUT2D eigenvalue weighted by molar-refractivity contribution is -0.141.